The summed E-state index contributed by atoms with van der Waals surface area (Å²) in [5.74, 6) is 0.400. The smallest absolute Gasteiger partial charge is 0.276 e. The number of nitrogens with zero attached hydrogens (tertiary/aromatic N) is 9. The second-order valence-corrected chi connectivity index (χ2v) is 7.68. The van der Waals surface area contributed by atoms with Gasteiger partial charge in [-0.2, -0.15) is 20.6 Å². The maximum absolute atomic E-state index is 9.32. The number of aromatic nitrogens is 7. The molecule has 0 radical (unpaired) electrons. The molecule has 2 N–H and O–H groups in total. The fraction of sp³-hybridized carbons (Fsp3) is 0.300. The first-order valence-electron chi connectivity index (χ1n) is 9.49. The quantitative estimate of drug-likeness (QED) is 0.562. The Labute approximate surface area is 172 Å². The molecule has 1 aliphatic rings. The third-order valence-corrected chi connectivity index (χ3v) is 5.72. The highest BCUT2D eigenvalue weighted by Gasteiger charge is 2.52. The zero-order chi connectivity index (χ0) is 20.9. The molecule has 0 bridgehead atoms. The van der Waals surface area contributed by atoms with Gasteiger partial charge in [0, 0.05) is 25.0 Å². The van der Waals surface area contributed by atoms with Crippen LogP contribution in [0.4, 0.5) is 5.82 Å². The third-order valence-electron chi connectivity index (χ3n) is 5.72. The van der Waals surface area contributed by atoms with E-state index < -0.39 is 0 Å². The zero-order valence-electron chi connectivity index (χ0n) is 16.3. The average molecular weight is 399 g/mol. The molecule has 4 aromatic heterocycles. The summed E-state index contributed by atoms with van der Waals surface area (Å²) in [5.41, 5.74) is 9.47. The molecule has 1 saturated carbocycles. The lowest BCUT2D eigenvalue weighted by molar-refractivity contribution is 0.121. The van der Waals surface area contributed by atoms with E-state index in [2.05, 4.69) is 26.2 Å². The van der Waals surface area contributed by atoms with E-state index in [-0.39, 0.29) is 11.6 Å². The van der Waals surface area contributed by atoms with Gasteiger partial charge < -0.3 is 5.73 Å². The van der Waals surface area contributed by atoms with Gasteiger partial charge in [0.2, 0.25) is 0 Å². The zero-order valence-corrected chi connectivity index (χ0v) is 16.3. The monoisotopic (exact) mass is 399 g/mol. The lowest BCUT2D eigenvalue weighted by Crippen LogP contribution is -2.48. The van der Waals surface area contributed by atoms with Crippen LogP contribution in [-0.4, -0.2) is 40.2 Å². The highest BCUT2D eigenvalue weighted by molar-refractivity contribution is 5.80. The number of hydrogen-bond donors (Lipinski definition) is 1. The van der Waals surface area contributed by atoms with E-state index in [9.17, 15) is 5.26 Å². The van der Waals surface area contributed by atoms with Crippen LogP contribution in [0.1, 0.15) is 19.3 Å². The van der Waals surface area contributed by atoms with Gasteiger partial charge in [-0.25, -0.2) is 9.50 Å². The van der Waals surface area contributed by atoms with E-state index in [0.717, 1.165) is 22.3 Å². The Morgan fingerprint density at radius 1 is 1.33 bits per heavy atom. The van der Waals surface area contributed by atoms with Crippen LogP contribution >= 0.6 is 0 Å². The van der Waals surface area contributed by atoms with E-state index in [1.165, 1.54) is 0 Å². The molecule has 0 spiro atoms. The fourth-order valence-electron chi connectivity index (χ4n) is 4.16. The lowest BCUT2D eigenvalue weighted by atomic mass is 9.71. The molecule has 4 heterocycles. The van der Waals surface area contributed by atoms with Crippen molar-refractivity contribution in [2.24, 2.45) is 7.05 Å². The standard InChI is InChI=1S/C20H19N10/c1-23-14-7-20(8-14,4-5-21)30-10-13(9-25-30)18-17-3-6-24-29(17)12-16(26-18)15-11-28(2)27-19(15)22/h1,3,6,9-12,14H,4,7-8H2,2H3,(H2,22,27)/q+1. The summed E-state index contributed by atoms with van der Waals surface area (Å²) in [6, 6.07) is 4.23. The van der Waals surface area contributed by atoms with Crippen molar-refractivity contribution in [1.29, 1.82) is 5.26 Å². The first-order valence-corrected chi connectivity index (χ1v) is 9.49. The maximum Gasteiger partial charge on any atom is 0.276 e. The fourth-order valence-corrected chi connectivity index (χ4v) is 4.16. The molecule has 0 saturated heterocycles. The van der Waals surface area contributed by atoms with Crippen molar-refractivity contribution in [2.45, 2.75) is 30.8 Å². The summed E-state index contributed by atoms with van der Waals surface area (Å²) in [5, 5.41) is 22.5. The molecule has 10 nitrogen and oxygen atoms in total. The predicted octanol–water partition coefficient (Wildman–Crippen LogP) is 2.31. The summed E-state index contributed by atoms with van der Waals surface area (Å²) in [7, 11) is 1.81. The van der Waals surface area contributed by atoms with Gasteiger partial charge >= 0.3 is 0 Å². The van der Waals surface area contributed by atoms with Crippen LogP contribution in [0.5, 0.6) is 0 Å². The van der Waals surface area contributed by atoms with Gasteiger partial charge in [0.25, 0.3) is 12.6 Å². The second kappa shape index (κ2) is 6.42. The third kappa shape index (κ3) is 2.62. The van der Waals surface area contributed by atoms with Gasteiger partial charge in [-0.05, 0) is 6.07 Å². The molecular formula is C20H19N10+. The largest absolute Gasteiger partial charge is 0.382 e. The van der Waals surface area contributed by atoms with Crippen molar-refractivity contribution < 1.29 is 0 Å². The molecule has 1 fully saturated rings. The molecule has 148 valence electrons. The highest BCUT2D eigenvalue weighted by atomic mass is 15.3. The van der Waals surface area contributed by atoms with Gasteiger partial charge in [-0.15, -0.1) is 0 Å². The molecule has 10 heteroatoms. The molecular weight excluding hydrogens is 380 g/mol. The Morgan fingerprint density at radius 3 is 2.87 bits per heavy atom. The van der Waals surface area contributed by atoms with Crippen LogP contribution in [0.15, 0.2) is 37.1 Å². The average Bonchev–Trinajstić information content (AvgIpc) is 3.43. The van der Waals surface area contributed by atoms with Crippen molar-refractivity contribution in [3.05, 3.63) is 41.9 Å². The SMILES string of the molecule is C#[N+]C1CC(CC#N)(n2cc(-c3nc(-c4cn(C)nc4N)cn4nccc34)cn2)C1. The van der Waals surface area contributed by atoms with Crippen molar-refractivity contribution in [2.75, 3.05) is 5.73 Å². The molecule has 0 aliphatic heterocycles. The van der Waals surface area contributed by atoms with Crippen molar-refractivity contribution >= 4 is 11.3 Å². The number of rotatable bonds is 4. The van der Waals surface area contributed by atoms with Crippen LogP contribution in [0.25, 0.3) is 32.9 Å². The Bertz CT molecular complexity index is 1340. The topological polar surface area (TPSA) is 120 Å². The summed E-state index contributed by atoms with van der Waals surface area (Å²) < 4.78 is 5.27. The van der Waals surface area contributed by atoms with E-state index in [0.29, 0.717) is 30.8 Å². The van der Waals surface area contributed by atoms with Crippen molar-refractivity contribution in [3.63, 3.8) is 0 Å². The van der Waals surface area contributed by atoms with Crippen molar-refractivity contribution in [1.82, 2.24) is 34.2 Å². The van der Waals surface area contributed by atoms with Gasteiger partial charge in [0.05, 0.1) is 71.9 Å². The Kier molecular flexibility index (Phi) is 3.83. The lowest BCUT2D eigenvalue weighted by Gasteiger charge is -2.38. The van der Waals surface area contributed by atoms with Crippen LogP contribution in [-0.2, 0) is 12.6 Å². The molecule has 5 rings (SSSR count). The van der Waals surface area contributed by atoms with Crippen LogP contribution in [0.3, 0.4) is 0 Å². The van der Waals surface area contributed by atoms with E-state index in [1.807, 2.05) is 36.4 Å². The molecule has 4 aromatic rings. The minimum Gasteiger partial charge on any atom is -0.382 e. The summed E-state index contributed by atoms with van der Waals surface area (Å²) >= 11 is 0. The highest BCUT2D eigenvalue weighted by Crippen LogP contribution is 2.44. The van der Waals surface area contributed by atoms with Crippen LogP contribution in [0, 0.1) is 17.9 Å². The van der Waals surface area contributed by atoms with Gasteiger partial charge in [-0.1, -0.05) is 4.85 Å². The summed E-state index contributed by atoms with van der Waals surface area (Å²) in [6.07, 6.45) is 10.8. The van der Waals surface area contributed by atoms with E-state index in [1.54, 1.807) is 21.6 Å². The maximum atomic E-state index is 9.32. The Hall–Kier alpha value is -4.18. The molecule has 0 unspecified atom stereocenters. The van der Waals surface area contributed by atoms with E-state index >= 15 is 0 Å². The van der Waals surface area contributed by atoms with Gasteiger partial charge in [-0.3, -0.25) is 9.36 Å². The van der Waals surface area contributed by atoms with Gasteiger partial charge in [0.15, 0.2) is 5.82 Å². The first-order chi connectivity index (χ1) is 14.5. The first kappa shape index (κ1) is 17.9. The number of anilines is 1. The van der Waals surface area contributed by atoms with Crippen LogP contribution < -0.4 is 5.73 Å². The van der Waals surface area contributed by atoms with Crippen molar-refractivity contribution in [3.8, 4) is 35.2 Å². The van der Waals surface area contributed by atoms with Crippen LogP contribution in [0.2, 0.25) is 0 Å². The molecule has 0 atom stereocenters. The minimum absolute atomic E-state index is 0.0579. The molecule has 1 aliphatic carbocycles. The minimum atomic E-state index is -0.386. The predicted molar refractivity (Wildman–Crippen MR) is 110 cm³/mol. The second-order valence-electron chi connectivity index (χ2n) is 7.68. The molecule has 0 amide bonds. The number of fused-ring (bicyclic) bond motifs is 1. The Balaban J connectivity index is 1.61. The number of hydrogen-bond acceptors (Lipinski definition) is 6. The number of aryl methyl sites for hydroxylation is 1. The van der Waals surface area contributed by atoms with E-state index in [4.69, 9.17) is 17.3 Å². The molecule has 30 heavy (non-hydrogen) atoms. The summed E-state index contributed by atoms with van der Waals surface area (Å²) in [6.45, 7) is 5.44. The number of nitrogens with two attached hydrogens (primary N) is 1. The molecule has 0 aromatic carbocycles. The normalized spacial score (nSPS) is 20.6. The number of nitrogen functional groups attached to an aromatic ring is 1. The summed E-state index contributed by atoms with van der Waals surface area (Å²) in [4.78, 5) is 8.71. The number of nitriles is 1. The van der Waals surface area contributed by atoms with Gasteiger partial charge in [0.1, 0.15) is 0 Å². The Morgan fingerprint density at radius 2 is 2.17 bits per heavy atom.